The van der Waals surface area contributed by atoms with Crippen molar-refractivity contribution in [2.75, 3.05) is 5.32 Å². The molecule has 25 heavy (non-hydrogen) atoms. The van der Waals surface area contributed by atoms with Crippen molar-refractivity contribution < 1.29 is 4.79 Å². The van der Waals surface area contributed by atoms with Gasteiger partial charge in [-0.2, -0.15) is 0 Å². The first-order valence-corrected chi connectivity index (χ1v) is 8.59. The maximum absolute atomic E-state index is 12.3. The first-order valence-electron chi connectivity index (χ1n) is 7.80. The average molecular weight is 392 g/mol. The normalized spacial score (nSPS) is 10.8. The third-order valence-electron chi connectivity index (χ3n) is 3.91. The third kappa shape index (κ3) is 3.32. The van der Waals surface area contributed by atoms with Gasteiger partial charge in [-0.25, -0.2) is 4.98 Å². The van der Waals surface area contributed by atoms with E-state index >= 15 is 0 Å². The highest BCUT2D eigenvalue weighted by Gasteiger charge is 2.07. The third-order valence-corrected chi connectivity index (χ3v) is 4.44. The summed E-state index contributed by atoms with van der Waals surface area (Å²) in [5, 5.41) is 2.90. The van der Waals surface area contributed by atoms with Crippen molar-refractivity contribution in [2.24, 2.45) is 0 Å². The number of benzene rings is 2. The number of hydrogen-bond acceptors (Lipinski definition) is 2. The van der Waals surface area contributed by atoms with E-state index in [0.717, 1.165) is 27.1 Å². The number of hydrogen-bond donors (Lipinski definition) is 1. The van der Waals surface area contributed by atoms with Crippen LogP contribution in [0.4, 0.5) is 5.69 Å². The van der Waals surface area contributed by atoms with Crippen LogP contribution in [0, 0.1) is 0 Å². The van der Waals surface area contributed by atoms with Gasteiger partial charge in [-0.05, 0) is 48.5 Å². The molecule has 1 N–H and O–H groups in total. The fraction of sp³-hybridized carbons (Fsp3) is 0. The summed E-state index contributed by atoms with van der Waals surface area (Å²) < 4.78 is 2.93. The molecule has 0 saturated carbocycles. The summed E-state index contributed by atoms with van der Waals surface area (Å²) in [6, 6.07) is 20.9. The summed E-state index contributed by atoms with van der Waals surface area (Å²) >= 11 is 3.36. The molecule has 0 spiro atoms. The number of carbonyl (C=O) groups is 1. The fourth-order valence-electron chi connectivity index (χ4n) is 2.60. The second kappa shape index (κ2) is 6.53. The van der Waals surface area contributed by atoms with E-state index < -0.39 is 0 Å². The zero-order valence-corrected chi connectivity index (χ0v) is 14.8. The van der Waals surface area contributed by atoms with Crippen molar-refractivity contribution in [1.29, 1.82) is 0 Å². The SMILES string of the molecule is O=C(Nc1ccc(-c2cn3ccccc3n2)cc1)c1ccc(Br)cc1. The number of imidazole rings is 1. The molecule has 0 bridgehead atoms. The van der Waals surface area contributed by atoms with E-state index in [4.69, 9.17) is 0 Å². The minimum Gasteiger partial charge on any atom is -0.322 e. The second-order valence-electron chi connectivity index (χ2n) is 5.63. The predicted octanol–water partition coefficient (Wildman–Crippen LogP) is 5.02. The van der Waals surface area contributed by atoms with E-state index in [2.05, 4.69) is 26.2 Å². The van der Waals surface area contributed by atoms with Crippen molar-refractivity contribution in [1.82, 2.24) is 9.38 Å². The number of amides is 1. The minimum atomic E-state index is -0.131. The molecular formula is C20H14BrN3O. The van der Waals surface area contributed by atoms with Gasteiger partial charge in [0.25, 0.3) is 5.91 Å². The first-order chi connectivity index (χ1) is 12.2. The molecule has 2 aromatic carbocycles. The van der Waals surface area contributed by atoms with Gasteiger partial charge in [-0.3, -0.25) is 4.79 Å². The van der Waals surface area contributed by atoms with E-state index in [1.165, 1.54) is 0 Å². The molecule has 4 nitrogen and oxygen atoms in total. The van der Waals surface area contributed by atoms with Gasteiger partial charge < -0.3 is 9.72 Å². The quantitative estimate of drug-likeness (QED) is 0.533. The summed E-state index contributed by atoms with van der Waals surface area (Å²) in [5.41, 5.74) is 4.18. The molecule has 2 heterocycles. The Morgan fingerprint density at radius 2 is 1.72 bits per heavy atom. The van der Waals surface area contributed by atoms with Gasteiger partial charge in [0.05, 0.1) is 5.69 Å². The van der Waals surface area contributed by atoms with Gasteiger partial charge in [0, 0.05) is 33.7 Å². The van der Waals surface area contributed by atoms with Crippen LogP contribution < -0.4 is 5.32 Å². The summed E-state index contributed by atoms with van der Waals surface area (Å²) in [6.07, 6.45) is 3.96. The molecule has 2 aromatic heterocycles. The van der Waals surface area contributed by atoms with E-state index in [9.17, 15) is 4.79 Å². The van der Waals surface area contributed by atoms with Gasteiger partial charge in [0.2, 0.25) is 0 Å². The molecule has 4 aromatic rings. The summed E-state index contributed by atoms with van der Waals surface area (Å²) in [4.78, 5) is 16.9. The summed E-state index contributed by atoms with van der Waals surface area (Å²) in [5.74, 6) is -0.131. The lowest BCUT2D eigenvalue weighted by Gasteiger charge is -2.06. The van der Waals surface area contributed by atoms with Crippen LogP contribution in [0.25, 0.3) is 16.9 Å². The van der Waals surface area contributed by atoms with Crippen LogP contribution in [0.3, 0.4) is 0 Å². The molecule has 0 saturated heterocycles. The Labute approximate surface area is 153 Å². The zero-order valence-electron chi connectivity index (χ0n) is 13.2. The van der Waals surface area contributed by atoms with Crippen LogP contribution in [-0.4, -0.2) is 15.3 Å². The zero-order chi connectivity index (χ0) is 17.2. The number of nitrogens with one attached hydrogen (secondary N) is 1. The standard InChI is InChI=1S/C20H14BrN3O/c21-16-8-4-15(5-9-16)20(25)22-17-10-6-14(7-11-17)18-13-24-12-2-1-3-19(24)23-18/h1-13H,(H,22,25). The number of pyridine rings is 1. The molecular weight excluding hydrogens is 378 g/mol. The van der Waals surface area contributed by atoms with E-state index in [1.54, 1.807) is 12.1 Å². The number of halogens is 1. The van der Waals surface area contributed by atoms with Crippen LogP contribution in [0.15, 0.2) is 83.6 Å². The average Bonchev–Trinajstić information content (AvgIpc) is 3.07. The lowest BCUT2D eigenvalue weighted by molar-refractivity contribution is 0.102. The Bertz CT molecular complexity index is 1000. The van der Waals surface area contributed by atoms with Crippen LogP contribution in [0.5, 0.6) is 0 Å². The van der Waals surface area contributed by atoms with Gasteiger partial charge in [-0.1, -0.05) is 34.1 Å². The van der Waals surface area contributed by atoms with Crippen molar-refractivity contribution in [3.05, 3.63) is 89.2 Å². The molecule has 5 heteroatoms. The maximum atomic E-state index is 12.3. The fourth-order valence-corrected chi connectivity index (χ4v) is 2.87. The Hall–Kier alpha value is -2.92. The molecule has 0 aliphatic carbocycles. The lowest BCUT2D eigenvalue weighted by atomic mass is 10.1. The molecule has 0 radical (unpaired) electrons. The Morgan fingerprint density at radius 3 is 2.44 bits per heavy atom. The van der Waals surface area contributed by atoms with Crippen LogP contribution in [-0.2, 0) is 0 Å². The summed E-state index contributed by atoms with van der Waals surface area (Å²) in [7, 11) is 0. The maximum Gasteiger partial charge on any atom is 0.255 e. The van der Waals surface area contributed by atoms with Crippen molar-refractivity contribution in [2.45, 2.75) is 0 Å². The van der Waals surface area contributed by atoms with E-state index in [1.807, 2.05) is 71.4 Å². The lowest BCUT2D eigenvalue weighted by Crippen LogP contribution is -2.11. The number of rotatable bonds is 3. The topological polar surface area (TPSA) is 46.4 Å². The summed E-state index contributed by atoms with van der Waals surface area (Å²) in [6.45, 7) is 0. The molecule has 4 rings (SSSR count). The monoisotopic (exact) mass is 391 g/mol. The van der Waals surface area contributed by atoms with Crippen LogP contribution in [0.1, 0.15) is 10.4 Å². The largest absolute Gasteiger partial charge is 0.322 e. The van der Waals surface area contributed by atoms with Crippen molar-refractivity contribution >= 4 is 33.2 Å². The molecule has 0 aliphatic heterocycles. The Morgan fingerprint density at radius 1 is 0.960 bits per heavy atom. The highest BCUT2D eigenvalue weighted by molar-refractivity contribution is 9.10. The number of carbonyl (C=O) groups excluding carboxylic acids is 1. The first kappa shape index (κ1) is 15.6. The molecule has 0 fully saturated rings. The number of nitrogens with zero attached hydrogens (tertiary/aromatic N) is 2. The highest BCUT2D eigenvalue weighted by Crippen LogP contribution is 2.21. The Balaban J connectivity index is 1.53. The molecule has 0 atom stereocenters. The number of aromatic nitrogens is 2. The smallest absolute Gasteiger partial charge is 0.255 e. The van der Waals surface area contributed by atoms with Crippen LogP contribution in [0.2, 0.25) is 0 Å². The van der Waals surface area contributed by atoms with Crippen molar-refractivity contribution in [3.8, 4) is 11.3 Å². The molecule has 0 aliphatic rings. The number of fused-ring (bicyclic) bond motifs is 1. The van der Waals surface area contributed by atoms with Gasteiger partial charge in [-0.15, -0.1) is 0 Å². The Kier molecular flexibility index (Phi) is 4.07. The van der Waals surface area contributed by atoms with Gasteiger partial charge in [0.1, 0.15) is 5.65 Å². The van der Waals surface area contributed by atoms with Gasteiger partial charge in [0.15, 0.2) is 0 Å². The molecule has 122 valence electrons. The second-order valence-corrected chi connectivity index (χ2v) is 6.55. The van der Waals surface area contributed by atoms with Crippen LogP contribution >= 0.6 is 15.9 Å². The predicted molar refractivity (Wildman–Crippen MR) is 103 cm³/mol. The highest BCUT2D eigenvalue weighted by atomic mass is 79.9. The number of anilines is 1. The van der Waals surface area contributed by atoms with Crippen molar-refractivity contribution in [3.63, 3.8) is 0 Å². The minimum absolute atomic E-state index is 0.131. The molecule has 1 amide bonds. The van der Waals surface area contributed by atoms with E-state index in [-0.39, 0.29) is 5.91 Å². The van der Waals surface area contributed by atoms with Gasteiger partial charge >= 0.3 is 0 Å². The molecule has 0 unspecified atom stereocenters. The van der Waals surface area contributed by atoms with E-state index in [0.29, 0.717) is 5.56 Å².